The third kappa shape index (κ3) is 5.07. The largest absolute Gasteiger partial charge is 0.309 e. The highest BCUT2D eigenvalue weighted by Gasteiger charge is 2.22. The molecule has 0 atom stereocenters. The number of amides is 1. The Hall–Kier alpha value is -2.02. The first kappa shape index (κ1) is 22.3. The van der Waals surface area contributed by atoms with Crippen molar-refractivity contribution in [2.24, 2.45) is 0 Å². The van der Waals surface area contributed by atoms with E-state index < -0.39 is 0 Å². The standard InChI is InChI=1S/C21H24FN3OS.ClH/c1-14-6-7-15(2)17(12-14)20(26)25(11-5-10-24(3)4)21-23-18-9-8-16(22)13-19(18)27-21;/h6-9,12-13H,5,10-11H2,1-4H3;1H. The Morgan fingerprint density at radius 2 is 1.86 bits per heavy atom. The highest BCUT2D eigenvalue weighted by atomic mass is 35.5. The van der Waals surface area contributed by atoms with Crippen molar-refractivity contribution < 1.29 is 9.18 Å². The third-order valence-electron chi connectivity index (χ3n) is 4.43. The minimum atomic E-state index is -0.294. The lowest BCUT2D eigenvalue weighted by molar-refractivity contribution is 0.0985. The number of aromatic nitrogens is 1. The van der Waals surface area contributed by atoms with Gasteiger partial charge in [0.2, 0.25) is 0 Å². The highest BCUT2D eigenvalue weighted by molar-refractivity contribution is 7.22. The minimum absolute atomic E-state index is 0. The Morgan fingerprint density at radius 3 is 2.57 bits per heavy atom. The van der Waals surface area contributed by atoms with Crippen LogP contribution in [0.25, 0.3) is 10.2 Å². The van der Waals surface area contributed by atoms with Gasteiger partial charge in [0.25, 0.3) is 5.91 Å². The van der Waals surface area contributed by atoms with E-state index >= 15 is 0 Å². The normalized spacial score (nSPS) is 10.9. The highest BCUT2D eigenvalue weighted by Crippen LogP contribution is 2.31. The zero-order valence-corrected chi connectivity index (χ0v) is 18.2. The van der Waals surface area contributed by atoms with E-state index in [-0.39, 0.29) is 24.1 Å². The van der Waals surface area contributed by atoms with Crippen LogP contribution in [0.4, 0.5) is 9.52 Å². The number of halogens is 2. The summed E-state index contributed by atoms with van der Waals surface area (Å²) in [5, 5.41) is 0.611. The molecule has 3 aromatic rings. The van der Waals surface area contributed by atoms with Crippen molar-refractivity contribution >= 4 is 45.0 Å². The second kappa shape index (κ2) is 9.45. The van der Waals surface area contributed by atoms with Gasteiger partial charge in [-0.1, -0.05) is 29.0 Å². The topological polar surface area (TPSA) is 36.4 Å². The third-order valence-corrected chi connectivity index (χ3v) is 5.47. The molecule has 28 heavy (non-hydrogen) atoms. The van der Waals surface area contributed by atoms with Gasteiger partial charge in [-0.3, -0.25) is 9.69 Å². The number of anilines is 1. The molecule has 0 aliphatic rings. The zero-order chi connectivity index (χ0) is 19.6. The lowest BCUT2D eigenvalue weighted by Gasteiger charge is -2.22. The van der Waals surface area contributed by atoms with Crippen LogP contribution in [0.2, 0.25) is 0 Å². The summed E-state index contributed by atoms with van der Waals surface area (Å²) < 4.78 is 14.3. The summed E-state index contributed by atoms with van der Waals surface area (Å²) in [4.78, 5) is 21.8. The number of nitrogens with zero attached hydrogens (tertiary/aromatic N) is 3. The van der Waals surface area contributed by atoms with Crippen LogP contribution in [-0.4, -0.2) is 43.0 Å². The first-order chi connectivity index (χ1) is 12.8. The zero-order valence-electron chi connectivity index (χ0n) is 16.5. The summed E-state index contributed by atoms with van der Waals surface area (Å²) in [7, 11) is 4.02. The van der Waals surface area contributed by atoms with Gasteiger partial charge in [0.05, 0.1) is 10.2 Å². The van der Waals surface area contributed by atoms with E-state index in [1.165, 1.54) is 23.5 Å². The number of hydrogen-bond acceptors (Lipinski definition) is 4. The summed E-state index contributed by atoms with van der Waals surface area (Å²) in [6.07, 6.45) is 0.827. The van der Waals surface area contributed by atoms with Crippen LogP contribution in [0.15, 0.2) is 36.4 Å². The summed E-state index contributed by atoms with van der Waals surface area (Å²) >= 11 is 1.35. The molecular weight excluding hydrogens is 397 g/mol. The molecule has 0 unspecified atom stereocenters. The van der Waals surface area contributed by atoms with Crippen molar-refractivity contribution in [3.8, 4) is 0 Å². The molecule has 3 rings (SSSR count). The molecule has 0 N–H and O–H groups in total. The van der Waals surface area contributed by atoms with E-state index in [1.54, 1.807) is 11.0 Å². The van der Waals surface area contributed by atoms with Gasteiger partial charge in [0, 0.05) is 12.1 Å². The van der Waals surface area contributed by atoms with Gasteiger partial charge in [-0.15, -0.1) is 12.4 Å². The van der Waals surface area contributed by atoms with Crippen molar-refractivity contribution in [2.45, 2.75) is 20.3 Å². The molecule has 0 radical (unpaired) electrons. The van der Waals surface area contributed by atoms with Crippen molar-refractivity contribution in [3.05, 3.63) is 58.9 Å². The van der Waals surface area contributed by atoms with Crippen molar-refractivity contribution in [2.75, 3.05) is 32.1 Å². The summed E-state index contributed by atoms with van der Waals surface area (Å²) in [6.45, 7) is 5.36. The molecular formula is C21H25ClFN3OS. The molecule has 0 aliphatic heterocycles. The second-order valence-electron chi connectivity index (χ2n) is 7.04. The van der Waals surface area contributed by atoms with Crippen molar-refractivity contribution in [3.63, 3.8) is 0 Å². The average molecular weight is 422 g/mol. The van der Waals surface area contributed by atoms with Gasteiger partial charge < -0.3 is 4.90 Å². The summed E-state index contributed by atoms with van der Waals surface area (Å²) in [6, 6.07) is 10.4. The fourth-order valence-corrected chi connectivity index (χ4v) is 3.96. The van der Waals surface area contributed by atoms with Crippen LogP contribution >= 0.6 is 23.7 Å². The van der Waals surface area contributed by atoms with Crippen LogP contribution in [0, 0.1) is 19.7 Å². The van der Waals surface area contributed by atoms with E-state index in [4.69, 9.17) is 0 Å². The Bertz CT molecular complexity index is 973. The summed E-state index contributed by atoms with van der Waals surface area (Å²) in [5.41, 5.74) is 3.38. The molecule has 0 saturated heterocycles. The van der Waals surface area contributed by atoms with E-state index in [0.717, 1.165) is 28.8 Å². The molecule has 0 fully saturated rings. The van der Waals surface area contributed by atoms with Gasteiger partial charge in [-0.05, 0) is 70.7 Å². The Labute approximate surface area is 175 Å². The van der Waals surface area contributed by atoms with Crippen molar-refractivity contribution in [1.82, 2.24) is 9.88 Å². The molecule has 7 heteroatoms. The Morgan fingerprint density at radius 1 is 1.11 bits per heavy atom. The second-order valence-corrected chi connectivity index (χ2v) is 8.05. The van der Waals surface area contributed by atoms with Crippen LogP contribution < -0.4 is 4.90 Å². The molecule has 0 aliphatic carbocycles. The molecule has 0 bridgehead atoms. The molecule has 0 spiro atoms. The van der Waals surface area contributed by atoms with E-state index in [9.17, 15) is 9.18 Å². The smallest absolute Gasteiger partial charge is 0.260 e. The number of aryl methyl sites for hydroxylation is 2. The summed E-state index contributed by atoms with van der Waals surface area (Å²) in [5.74, 6) is -0.354. The molecule has 2 aromatic carbocycles. The lowest BCUT2D eigenvalue weighted by Crippen LogP contribution is -2.34. The number of hydrogen-bond donors (Lipinski definition) is 0. The van der Waals surface area contributed by atoms with E-state index in [2.05, 4.69) is 9.88 Å². The van der Waals surface area contributed by atoms with Crippen LogP contribution in [0.1, 0.15) is 27.9 Å². The predicted molar refractivity (Wildman–Crippen MR) is 118 cm³/mol. The number of carbonyl (C=O) groups is 1. The number of carbonyl (C=O) groups excluding carboxylic acids is 1. The van der Waals surface area contributed by atoms with E-state index in [1.807, 2.05) is 46.1 Å². The maximum absolute atomic E-state index is 13.6. The van der Waals surface area contributed by atoms with Gasteiger partial charge in [-0.25, -0.2) is 9.37 Å². The minimum Gasteiger partial charge on any atom is -0.309 e. The van der Waals surface area contributed by atoms with Gasteiger partial charge in [-0.2, -0.15) is 0 Å². The number of thiazole rings is 1. The maximum Gasteiger partial charge on any atom is 0.260 e. The molecule has 150 valence electrons. The van der Waals surface area contributed by atoms with Gasteiger partial charge in [0.1, 0.15) is 5.82 Å². The Balaban J connectivity index is 0.00000280. The van der Waals surface area contributed by atoms with Crippen LogP contribution in [0.5, 0.6) is 0 Å². The van der Waals surface area contributed by atoms with E-state index in [0.29, 0.717) is 22.8 Å². The average Bonchev–Trinajstić information content (AvgIpc) is 3.02. The first-order valence-corrected chi connectivity index (χ1v) is 9.77. The van der Waals surface area contributed by atoms with Gasteiger partial charge in [0.15, 0.2) is 5.13 Å². The maximum atomic E-state index is 13.6. The monoisotopic (exact) mass is 421 g/mol. The SMILES string of the molecule is Cc1ccc(C)c(C(=O)N(CCCN(C)C)c2nc3ccc(F)cc3s2)c1.Cl. The fourth-order valence-electron chi connectivity index (χ4n) is 2.94. The Kier molecular flexibility index (Phi) is 7.52. The fraction of sp³-hybridized carbons (Fsp3) is 0.333. The molecule has 0 saturated carbocycles. The van der Waals surface area contributed by atoms with Gasteiger partial charge >= 0.3 is 0 Å². The molecule has 1 heterocycles. The number of fused-ring (bicyclic) bond motifs is 1. The first-order valence-electron chi connectivity index (χ1n) is 8.95. The van der Waals surface area contributed by atoms with Crippen LogP contribution in [-0.2, 0) is 0 Å². The molecule has 1 aromatic heterocycles. The number of benzene rings is 2. The van der Waals surface area contributed by atoms with Crippen LogP contribution in [0.3, 0.4) is 0 Å². The van der Waals surface area contributed by atoms with Crippen molar-refractivity contribution in [1.29, 1.82) is 0 Å². The molecule has 1 amide bonds. The number of rotatable bonds is 6. The quantitative estimate of drug-likeness (QED) is 0.557. The lowest BCUT2D eigenvalue weighted by atomic mass is 10.0. The predicted octanol–water partition coefficient (Wildman–Crippen LogP) is 5.07. The molecule has 4 nitrogen and oxygen atoms in total.